The van der Waals surface area contributed by atoms with Gasteiger partial charge in [-0.25, -0.2) is 9.97 Å². The number of hydrogen-bond acceptors (Lipinski definition) is 7. The van der Waals surface area contributed by atoms with E-state index in [-0.39, 0.29) is 17.8 Å². The second kappa shape index (κ2) is 7.35. The average Bonchev–Trinajstić information content (AvgIpc) is 2.89. The van der Waals surface area contributed by atoms with E-state index in [1.165, 1.54) is 28.6 Å². The molecule has 0 spiro atoms. The summed E-state index contributed by atoms with van der Waals surface area (Å²) in [5.41, 5.74) is 7.90. The van der Waals surface area contributed by atoms with Crippen LogP contribution in [0.4, 0.5) is 5.82 Å². The number of aromatic nitrogens is 2. The van der Waals surface area contributed by atoms with Crippen molar-refractivity contribution in [2.24, 2.45) is 11.3 Å². The summed E-state index contributed by atoms with van der Waals surface area (Å²) in [6, 6.07) is 0. The number of fused-ring (bicyclic) bond motifs is 3. The number of nitrogens with two attached hydrogens (primary N) is 1. The maximum atomic E-state index is 11.7. The third-order valence-electron chi connectivity index (χ3n) is 4.83. The first-order valence-corrected chi connectivity index (χ1v) is 10.9. The highest BCUT2D eigenvalue weighted by atomic mass is 32.2. The quantitative estimate of drug-likeness (QED) is 0.469. The lowest BCUT2D eigenvalue weighted by Crippen LogP contribution is -2.26. The van der Waals surface area contributed by atoms with Gasteiger partial charge in [-0.05, 0) is 50.0 Å². The lowest BCUT2D eigenvalue weighted by molar-refractivity contribution is -0.144. The van der Waals surface area contributed by atoms with Crippen LogP contribution in [0.1, 0.15) is 51.5 Å². The van der Waals surface area contributed by atoms with E-state index in [0.717, 1.165) is 23.1 Å². The van der Waals surface area contributed by atoms with E-state index >= 15 is 0 Å². The molecule has 5 nitrogen and oxygen atoms in total. The second-order valence-corrected chi connectivity index (χ2v) is 10.2. The smallest absolute Gasteiger partial charge is 0.316 e. The second-order valence-electron chi connectivity index (χ2n) is 8.21. The van der Waals surface area contributed by atoms with Crippen LogP contribution in [-0.4, -0.2) is 27.8 Å². The molecule has 0 aliphatic heterocycles. The van der Waals surface area contributed by atoms with Crippen LogP contribution >= 0.6 is 23.1 Å². The van der Waals surface area contributed by atoms with Crippen LogP contribution in [-0.2, 0) is 22.4 Å². The van der Waals surface area contributed by atoms with Crippen molar-refractivity contribution >= 4 is 45.1 Å². The number of rotatable bonds is 4. The van der Waals surface area contributed by atoms with Crippen LogP contribution in [0.25, 0.3) is 10.2 Å². The molecule has 1 atom stereocenters. The van der Waals surface area contributed by atoms with Gasteiger partial charge in [0, 0.05) is 4.88 Å². The van der Waals surface area contributed by atoms with Crippen molar-refractivity contribution < 1.29 is 9.53 Å². The van der Waals surface area contributed by atoms with Crippen molar-refractivity contribution in [1.29, 1.82) is 0 Å². The van der Waals surface area contributed by atoms with Crippen molar-refractivity contribution in [2.75, 3.05) is 11.5 Å². The number of anilines is 1. The van der Waals surface area contributed by atoms with Crippen LogP contribution in [0.15, 0.2) is 5.16 Å². The molecule has 2 N–H and O–H groups in total. The Labute approximate surface area is 163 Å². The van der Waals surface area contributed by atoms with Gasteiger partial charge >= 0.3 is 5.97 Å². The van der Waals surface area contributed by atoms with E-state index in [4.69, 9.17) is 10.5 Å². The monoisotopic (exact) mass is 393 g/mol. The molecule has 2 aromatic heterocycles. The molecule has 142 valence electrons. The van der Waals surface area contributed by atoms with E-state index in [2.05, 4.69) is 30.7 Å². The zero-order valence-electron chi connectivity index (χ0n) is 16.1. The largest absolute Gasteiger partial charge is 0.462 e. The van der Waals surface area contributed by atoms with Gasteiger partial charge in [0.25, 0.3) is 0 Å². The fourth-order valence-corrected chi connectivity index (χ4v) is 5.41. The van der Waals surface area contributed by atoms with Crippen LogP contribution in [0.3, 0.4) is 0 Å². The van der Waals surface area contributed by atoms with Gasteiger partial charge in [-0.3, -0.25) is 4.79 Å². The molecule has 0 saturated carbocycles. The Balaban J connectivity index is 1.83. The van der Waals surface area contributed by atoms with Crippen LogP contribution in [0.2, 0.25) is 0 Å². The SMILES string of the molecule is CC(C)OC(=O)CSc1nc(N)c2c3c(sc2n1)CC(C(C)(C)C)CC3. The van der Waals surface area contributed by atoms with E-state index < -0.39 is 0 Å². The lowest BCUT2D eigenvalue weighted by Gasteiger charge is -2.33. The Kier molecular flexibility index (Phi) is 5.49. The summed E-state index contributed by atoms with van der Waals surface area (Å²) in [5.74, 6) is 1.14. The molecule has 0 amide bonds. The van der Waals surface area contributed by atoms with E-state index in [9.17, 15) is 4.79 Å². The minimum Gasteiger partial charge on any atom is -0.462 e. The highest BCUT2D eigenvalue weighted by Gasteiger charge is 2.31. The summed E-state index contributed by atoms with van der Waals surface area (Å²) >= 11 is 3.01. The predicted molar refractivity (Wildman–Crippen MR) is 109 cm³/mol. The molecule has 1 aliphatic rings. The minimum atomic E-state index is -0.259. The van der Waals surface area contributed by atoms with Crippen molar-refractivity contribution in [3.8, 4) is 0 Å². The first-order valence-electron chi connectivity index (χ1n) is 9.05. The number of thioether (sulfide) groups is 1. The fourth-order valence-electron chi connectivity index (χ4n) is 3.41. The summed E-state index contributed by atoms with van der Waals surface area (Å²) in [5, 5.41) is 1.56. The molecule has 26 heavy (non-hydrogen) atoms. The molecule has 0 bridgehead atoms. The maximum Gasteiger partial charge on any atom is 0.316 e. The molecule has 0 radical (unpaired) electrons. The molecular formula is C19H27N3O2S2. The first kappa shape index (κ1) is 19.4. The van der Waals surface area contributed by atoms with Gasteiger partial charge in [0.15, 0.2) is 5.16 Å². The number of thiophene rings is 1. The van der Waals surface area contributed by atoms with Crippen molar-refractivity contribution in [2.45, 2.75) is 65.1 Å². The number of esters is 1. The molecule has 0 fully saturated rings. The predicted octanol–water partition coefficient (Wildman–Crippen LogP) is 4.47. The van der Waals surface area contributed by atoms with Crippen molar-refractivity contribution in [3.05, 3.63) is 10.4 Å². The Morgan fingerprint density at radius 2 is 2.12 bits per heavy atom. The third kappa shape index (κ3) is 4.14. The van der Waals surface area contributed by atoms with Gasteiger partial charge in [0.1, 0.15) is 10.6 Å². The van der Waals surface area contributed by atoms with E-state index in [1.807, 2.05) is 13.8 Å². The number of ether oxygens (including phenoxy) is 1. The van der Waals surface area contributed by atoms with Crippen molar-refractivity contribution in [3.63, 3.8) is 0 Å². The molecular weight excluding hydrogens is 366 g/mol. The Bertz CT molecular complexity index is 824. The molecule has 2 aromatic rings. The van der Waals surface area contributed by atoms with Crippen LogP contribution in [0.5, 0.6) is 0 Å². The van der Waals surface area contributed by atoms with Gasteiger partial charge in [0.05, 0.1) is 17.2 Å². The van der Waals surface area contributed by atoms with Crippen LogP contribution in [0, 0.1) is 11.3 Å². The molecule has 3 rings (SSSR count). The summed E-state index contributed by atoms with van der Waals surface area (Å²) in [6.07, 6.45) is 3.19. The number of nitrogens with zero attached hydrogens (tertiary/aromatic N) is 2. The molecule has 1 aliphatic carbocycles. The van der Waals surface area contributed by atoms with Gasteiger partial charge < -0.3 is 10.5 Å². The molecule has 2 heterocycles. The fraction of sp³-hybridized carbons (Fsp3) is 0.632. The van der Waals surface area contributed by atoms with E-state index in [0.29, 0.717) is 22.3 Å². The van der Waals surface area contributed by atoms with Gasteiger partial charge in [-0.2, -0.15) is 0 Å². The Hall–Kier alpha value is -1.34. The number of aryl methyl sites for hydroxylation is 1. The topological polar surface area (TPSA) is 78.1 Å². The zero-order valence-corrected chi connectivity index (χ0v) is 17.7. The Morgan fingerprint density at radius 3 is 2.77 bits per heavy atom. The summed E-state index contributed by atoms with van der Waals surface area (Å²) in [7, 11) is 0. The summed E-state index contributed by atoms with van der Waals surface area (Å²) in [6.45, 7) is 10.6. The lowest BCUT2D eigenvalue weighted by atomic mass is 9.72. The van der Waals surface area contributed by atoms with E-state index in [1.54, 1.807) is 11.3 Å². The standard InChI is InChI=1S/C19H27N3O2S2/c1-10(2)24-14(23)9-25-18-21-16(20)15-12-7-6-11(19(3,4)5)8-13(12)26-17(15)22-18/h10-11H,6-9H2,1-5H3,(H2,20,21,22). The zero-order chi connectivity index (χ0) is 19.1. The highest BCUT2D eigenvalue weighted by Crippen LogP contribution is 2.44. The third-order valence-corrected chi connectivity index (χ3v) is 6.80. The molecule has 1 unspecified atom stereocenters. The summed E-state index contributed by atoms with van der Waals surface area (Å²) < 4.78 is 5.16. The van der Waals surface area contributed by atoms with Gasteiger partial charge in [0.2, 0.25) is 0 Å². The normalized spacial score (nSPS) is 17.5. The molecule has 0 saturated heterocycles. The van der Waals surface area contributed by atoms with Gasteiger partial charge in [-0.15, -0.1) is 11.3 Å². The van der Waals surface area contributed by atoms with Crippen LogP contribution < -0.4 is 5.73 Å². The maximum absolute atomic E-state index is 11.7. The Morgan fingerprint density at radius 1 is 1.38 bits per heavy atom. The number of hydrogen-bond donors (Lipinski definition) is 1. The van der Waals surface area contributed by atoms with Crippen molar-refractivity contribution in [1.82, 2.24) is 9.97 Å². The van der Waals surface area contributed by atoms with Gasteiger partial charge in [-0.1, -0.05) is 32.5 Å². The number of carbonyl (C=O) groups excluding carboxylic acids is 1. The number of nitrogen functional groups attached to an aromatic ring is 1. The average molecular weight is 394 g/mol. The summed E-state index contributed by atoms with van der Waals surface area (Å²) in [4.78, 5) is 23.2. The highest BCUT2D eigenvalue weighted by molar-refractivity contribution is 7.99. The minimum absolute atomic E-state index is 0.114. The number of carbonyl (C=O) groups is 1. The molecule has 0 aromatic carbocycles. The molecule has 7 heteroatoms. The first-order chi connectivity index (χ1) is 12.1.